The molecule has 1 heterocycles. The third kappa shape index (κ3) is 6.02. The fourth-order valence-corrected chi connectivity index (χ4v) is 1.82. The van der Waals surface area contributed by atoms with Crippen LogP contribution in [0, 0.1) is 6.92 Å². The lowest BCUT2D eigenvalue weighted by molar-refractivity contribution is 0.0426. The summed E-state index contributed by atoms with van der Waals surface area (Å²) in [4.78, 5) is 41.8. The molecule has 0 atom stereocenters. The highest BCUT2D eigenvalue weighted by Crippen LogP contribution is 2.22. The van der Waals surface area contributed by atoms with Crippen molar-refractivity contribution in [1.82, 2.24) is 4.98 Å². The summed E-state index contributed by atoms with van der Waals surface area (Å²) >= 11 is 0. The van der Waals surface area contributed by atoms with Crippen LogP contribution < -0.4 is 4.90 Å². The van der Waals surface area contributed by atoms with Gasteiger partial charge in [-0.3, -0.25) is 0 Å². The van der Waals surface area contributed by atoms with E-state index in [9.17, 15) is 14.4 Å². The summed E-state index contributed by atoms with van der Waals surface area (Å²) in [5.41, 5.74) is -1.16. The predicted molar refractivity (Wildman–Crippen MR) is 95.3 cm³/mol. The monoisotopic (exact) mass is 366 g/mol. The first kappa shape index (κ1) is 21.4. The zero-order chi connectivity index (χ0) is 20.3. The number of aryl methyl sites for hydroxylation is 1. The van der Waals surface area contributed by atoms with Gasteiger partial charge in [-0.05, 0) is 60.1 Å². The Kier molecular flexibility index (Phi) is 6.35. The van der Waals surface area contributed by atoms with Gasteiger partial charge < -0.3 is 14.2 Å². The second-order valence-electron chi connectivity index (χ2n) is 7.62. The number of carbonyl (C=O) groups excluding carboxylic acids is 3. The van der Waals surface area contributed by atoms with Crippen LogP contribution in [0.5, 0.6) is 0 Å². The molecule has 2 amide bonds. The van der Waals surface area contributed by atoms with Crippen molar-refractivity contribution in [2.24, 2.45) is 0 Å². The van der Waals surface area contributed by atoms with Gasteiger partial charge in [0.05, 0.1) is 7.11 Å². The van der Waals surface area contributed by atoms with Crippen molar-refractivity contribution >= 4 is 24.0 Å². The van der Waals surface area contributed by atoms with Crippen LogP contribution in [-0.4, -0.2) is 41.5 Å². The Morgan fingerprint density at radius 3 is 1.77 bits per heavy atom. The number of amides is 2. The second kappa shape index (κ2) is 7.72. The van der Waals surface area contributed by atoms with E-state index in [1.807, 2.05) is 0 Å². The van der Waals surface area contributed by atoms with Crippen molar-refractivity contribution in [3.63, 3.8) is 0 Å². The van der Waals surface area contributed by atoms with Gasteiger partial charge in [0.1, 0.15) is 17.0 Å². The van der Waals surface area contributed by atoms with E-state index in [1.165, 1.54) is 13.2 Å². The molecule has 144 valence electrons. The van der Waals surface area contributed by atoms with Gasteiger partial charge in [0, 0.05) is 0 Å². The number of pyridine rings is 1. The number of aromatic nitrogens is 1. The number of nitrogens with zero attached hydrogens (tertiary/aromatic N) is 2. The SMILES string of the molecule is COC(=O)c1nc(N(C(=O)OC(C)(C)C)C(=O)OC(C)(C)C)ccc1C. The Hall–Kier alpha value is -2.64. The molecule has 1 aromatic rings. The van der Waals surface area contributed by atoms with Crippen molar-refractivity contribution in [1.29, 1.82) is 0 Å². The van der Waals surface area contributed by atoms with Crippen LogP contribution in [0.2, 0.25) is 0 Å². The number of anilines is 1. The fourth-order valence-electron chi connectivity index (χ4n) is 1.82. The smallest absolute Gasteiger partial charge is 0.425 e. The zero-order valence-corrected chi connectivity index (χ0v) is 16.5. The van der Waals surface area contributed by atoms with Crippen molar-refractivity contribution in [3.8, 4) is 0 Å². The summed E-state index contributed by atoms with van der Waals surface area (Å²) < 4.78 is 15.2. The van der Waals surface area contributed by atoms with Crippen LogP contribution in [-0.2, 0) is 14.2 Å². The molecule has 0 radical (unpaired) electrons. The molecule has 26 heavy (non-hydrogen) atoms. The molecule has 8 nitrogen and oxygen atoms in total. The molecule has 8 heteroatoms. The molecule has 0 saturated carbocycles. The maximum Gasteiger partial charge on any atom is 0.425 e. The molecule has 0 N–H and O–H groups in total. The Morgan fingerprint density at radius 1 is 0.923 bits per heavy atom. The van der Waals surface area contributed by atoms with Crippen LogP contribution in [0.3, 0.4) is 0 Å². The number of esters is 1. The lowest BCUT2D eigenvalue weighted by Gasteiger charge is -2.28. The standard InChI is InChI=1S/C18H26N2O6/c1-11-9-10-12(19-13(11)14(21)24-8)20(15(22)25-17(2,3)4)16(23)26-18(5,6)7/h9-10H,1-8H3. The Morgan fingerprint density at radius 2 is 1.38 bits per heavy atom. The highest BCUT2D eigenvalue weighted by Gasteiger charge is 2.34. The first-order valence-corrected chi connectivity index (χ1v) is 8.07. The number of hydrogen-bond acceptors (Lipinski definition) is 7. The van der Waals surface area contributed by atoms with Crippen molar-refractivity contribution < 1.29 is 28.6 Å². The lowest BCUT2D eigenvalue weighted by atomic mass is 10.2. The zero-order valence-electron chi connectivity index (χ0n) is 16.5. The predicted octanol–water partition coefficient (Wildman–Crippen LogP) is 3.85. The van der Waals surface area contributed by atoms with E-state index in [0.29, 0.717) is 10.5 Å². The van der Waals surface area contributed by atoms with Gasteiger partial charge in [0.2, 0.25) is 0 Å². The third-order valence-electron chi connectivity index (χ3n) is 2.84. The minimum Gasteiger partial charge on any atom is -0.464 e. The summed E-state index contributed by atoms with van der Waals surface area (Å²) in [6.45, 7) is 11.7. The molecule has 1 aromatic heterocycles. The van der Waals surface area contributed by atoms with Crippen molar-refractivity contribution in [3.05, 3.63) is 23.4 Å². The average molecular weight is 366 g/mol. The summed E-state index contributed by atoms with van der Waals surface area (Å²) in [6, 6.07) is 2.98. The maximum absolute atomic E-state index is 12.6. The topological polar surface area (TPSA) is 95.0 Å². The molecule has 0 bridgehead atoms. The number of methoxy groups -OCH3 is 1. The molecule has 0 saturated heterocycles. The average Bonchev–Trinajstić information content (AvgIpc) is 2.44. The molecule has 0 aliphatic rings. The Balaban J connectivity index is 3.38. The van der Waals surface area contributed by atoms with Crippen LogP contribution in [0.4, 0.5) is 15.4 Å². The molecule has 0 aliphatic carbocycles. The van der Waals surface area contributed by atoms with Crippen LogP contribution in [0.1, 0.15) is 57.6 Å². The highest BCUT2D eigenvalue weighted by molar-refractivity contribution is 6.09. The van der Waals surface area contributed by atoms with Crippen LogP contribution in [0.15, 0.2) is 12.1 Å². The van der Waals surface area contributed by atoms with Gasteiger partial charge in [-0.25, -0.2) is 19.4 Å². The summed E-state index contributed by atoms with van der Waals surface area (Å²) in [7, 11) is 1.22. The molecule has 0 unspecified atom stereocenters. The Bertz CT molecular complexity index is 673. The van der Waals surface area contributed by atoms with E-state index in [-0.39, 0.29) is 11.5 Å². The first-order chi connectivity index (χ1) is 11.7. The first-order valence-electron chi connectivity index (χ1n) is 8.07. The van der Waals surface area contributed by atoms with Gasteiger partial charge >= 0.3 is 18.2 Å². The molecule has 0 aromatic carbocycles. The third-order valence-corrected chi connectivity index (χ3v) is 2.84. The lowest BCUT2D eigenvalue weighted by Crippen LogP contribution is -2.44. The van der Waals surface area contributed by atoms with Gasteiger partial charge in [-0.15, -0.1) is 0 Å². The van der Waals surface area contributed by atoms with Gasteiger partial charge in [0.25, 0.3) is 0 Å². The van der Waals surface area contributed by atoms with Crippen molar-refractivity contribution in [2.45, 2.75) is 59.7 Å². The van der Waals surface area contributed by atoms with E-state index >= 15 is 0 Å². The Labute approximate surface area is 153 Å². The van der Waals surface area contributed by atoms with Crippen molar-refractivity contribution in [2.75, 3.05) is 12.0 Å². The number of imide groups is 1. The normalized spacial score (nSPS) is 11.5. The highest BCUT2D eigenvalue weighted by atomic mass is 16.6. The van der Waals surface area contributed by atoms with E-state index < -0.39 is 29.4 Å². The van der Waals surface area contributed by atoms with Crippen LogP contribution >= 0.6 is 0 Å². The summed E-state index contributed by atoms with van der Waals surface area (Å²) in [5, 5.41) is 0. The number of carbonyl (C=O) groups is 3. The molecule has 0 aliphatic heterocycles. The molecular weight excluding hydrogens is 340 g/mol. The quantitative estimate of drug-likeness (QED) is 0.579. The van der Waals surface area contributed by atoms with Gasteiger partial charge in [0.15, 0.2) is 5.69 Å². The fraction of sp³-hybridized carbons (Fsp3) is 0.556. The second-order valence-corrected chi connectivity index (χ2v) is 7.62. The van der Waals surface area contributed by atoms with E-state index in [1.54, 1.807) is 54.5 Å². The number of rotatable bonds is 2. The largest absolute Gasteiger partial charge is 0.464 e. The summed E-state index contributed by atoms with van der Waals surface area (Å²) in [5.74, 6) is -0.780. The maximum atomic E-state index is 12.6. The van der Waals surface area contributed by atoms with E-state index in [4.69, 9.17) is 9.47 Å². The number of ether oxygens (including phenoxy) is 3. The van der Waals surface area contributed by atoms with Gasteiger partial charge in [-0.2, -0.15) is 4.90 Å². The molecule has 0 fully saturated rings. The van der Waals surface area contributed by atoms with Gasteiger partial charge in [-0.1, -0.05) is 6.07 Å². The minimum atomic E-state index is -0.959. The molecular formula is C18H26N2O6. The summed E-state index contributed by atoms with van der Waals surface area (Å²) in [6.07, 6.45) is -1.92. The molecule has 0 spiro atoms. The van der Waals surface area contributed by atoms with E-state index in [2.05, 4.69) is 9.72 Å². The number of hydrogen-bond donors (Lipinski definition) is 0. The van der Waals surface area contributed by atoms with Crippen LogP contribution in [0.25, 0.3) is 0 Å². The van der Waals surface area contributed by atoms with E-state index in [0.717, 1.165) is 0 Å². The minimum absolute atomic E-state index is 0.0119. The molecule has 1 rings (SSSR count).